The number of furan rings is 1. The maximum Gasteiger partial charge on any atom is 0.287 e. The quantitative estimate of drug-likeness (QED) is 0.708. The molecule has 0 bridgehead atoms. The molecule has 6 heteroatoms. The van der Waals surface area contributed by atoms with Crippen molar-refractivity contribution < 1.29 is 19.1 Å². The molecule has 0 radical (unpaired) electrons. The van der Waals surface area contributed by atoms with Crippen LogP contribution in [0.1, 0.15) is 30.8 Å². The van der Waals surface area contributed by atoms with Crippen molar-refractivity contribution in [2.75, 3.05) is 6.73 Å². The van der Waals surface area contributed by atoms with E-state index in [1.807, 2.05) is 32.0 Å². The number of benzene rings is 1. The molecule has 22 heavy (non-hydrogen) atoms. The highest BCUT2D eigenvalue weighted by atomic mass is 16.3. The molecular weight excluding hydrogens is 284 g/mol. The number of aliphatic hydroxyl groups is 1. The molecule has 1 atom stereocenters. The normalized spacial score (nSPS) is 12.4. The first-order chi connectivity index (χ1) is 10.5. The zero-order valence-corrected chi connectivity index (χ0v) is 12.6. The molecule has 0 aliphatic rings. The smallest absolute Gasteiger partial charge is 0.287 e. The minimum atomic E-state index is -0.715. The molecule has 0 spiro atoms. The number of rotatable bonds is 6. The van der Waals surface area contributed by atoms with E-state index in [1.54, 1.807) is 12.1 Å². The number of aliphatic hydroxyl groups excluding tert-OH is 1. The van der Waals surface area contributed by atoms with Crippen LogP contribution in [0.25, 0.3) is 11.0 Å². The van der Waals surface area contributed by atoms with Crippen molar-refractivity contribution in [3.05, 3.63) is 36.1 Å². The molecule has 118 valence electrons. The van der Waals surface area contributed by atoms with Crippen molar-refractivity contribution in [2.24, 2.45) is 5.92 Å². The monoisotopic (exact) mass is 304 g/mol. The molecule has 2 amide bonds. The first-order valence-corrected chi connectivity index (χ1v) is 7.19. The van der Waals surface area contributed by atoms with Gasteiger partial charge in [-0.3, -0.25) is 9.59 Å². The highest BCUT2D eigenvalue weighted by molar-refractivity contribution is 5.98. The standard InChI is InChI=1S/C16H20N2O4/c1-10(2)7-12(15(20)17-9-19)18-16(21)14-8-11-5-3-4-6-13(11)22-14/h3-6,8,10,12,19H,7,9H2,1-2H3,(H,17,20)(H,18,21). The Bertz CT molecular complexity index is 630. The topological polar surface area (TPSA) is 91.6 Å². The number of fused-ring (bicyclic) bond motifs is 1. The van der Waals surface area contributed by atoms with Crippen LogP contribution in [-0.4, -0.2) is 29.7 Å². The molecule has 0 fully saturated rings. The molecule has 2 rings (SSSR count). The second-order valence-corrected chi connectivity index (χ2v) is 5.50. The van der Waals surface area contributed by atoms with Crippen LogP contribution in [0.3, 0.4) is 0 Å². The summed E-state index contributed by atoms with van der Waals surface area (Å²) in [5.41, 5.74) is 0.618. The van der Waals surface area contributed by atoms with Gasteiger partial charge in [0.1, 0.15) is 18.4 Å². The summed E-state index contributed by atoms with van der Waals surface area (Å²) in [4.78, 5) is 24.2. The SMILES string of the molecule is CC(C)CC(NC(=O)c1cc2ccccc2o1)C(=O)NCO. The van der Waals surface area contributed by atoms with Crippen LogP contribution >= 0.6 is 0 Å². The number of nitrogens with one attached hydrogen (secondary N) is 2. The van der Waals surface area contributed by atoms with Gasteiger partial charge in [0.15, 0.2) is 5.76 Å². The van der Waals surface area contributed by atoms with Gasteiger partial charge in [-0.25, -0.2) is 0 Å². The molecular formula is C16H20N2O4. The number of hydrogen-bond acceptors (Lipinski definition) is 4. The highest BCUT2D eigenvalue weighted by Gasteiger charge is 2.23. The molecule has 0 aliphatic heterocycles. The molecule has 1 unspecified atom stereocenters. The van der Waals surface area contributed by atoms with Gasteiger partial charge in [-0.1, -0.05) is 32.0 Å². The van der Waals surface area contributed by atoms with Gasteiger partial charge in [-0.2, -0.15) is 0 Å². The van der Waals surface area contributed by atoms with E-state index >= 15 is 0 Å². The van der Waals surface area contributed by atoms with Gasteiger partial charge in [0.05, 0.1) is 0 Å². The second-order valence-electron chi connectivity index (χ2n) is 5.50. The van der Waals surface area contributed by atoms with Gasteiger partial charge < -0.3 is 20.2 Å². The average Bonchev–Trinajstić information content (AvgIpc) is 2.90. The van der Waals surface area contributed by atoms with Gasteiger partial charge in [0, 0.05) is 5.39 Å². The molecule has 0 aliphatic carbocycles. The molecule has 0 saturated heterocycles. The number of amides is 2. The summed E-state index contributed by atoms with van der Waals surface area (Å²) in [5.74, 6) is -0.493. The Balaban J connectivity index is 2.14. The molecule has 6 nitrogen and oxygen atoms in total. The van der Waals surface area contributed by atoms with E-state index in [9.17, 15) is 9.59 Å². The Hall–Kier alpha value is -2.34. The van der Waals surface area contributed by atoms with Crippen LogP contribution in [0, 0.1) is 5.92 Å². The van der Waals surface area contributed by atoms with E-state index in [2.05, 4.69) is 10.6 Å². The average molecular weight is 304 g/mol. The molecule has 2 aromatic rings. The van der Waals surface area contributed by atoms with E-state index < -0.39 is 24.6 Å². The largest absolute Gasteiger partial charge is 0.451 e. The van der Waals surface area contributed by atoms with Gasteiger partial charge in [-0.05, 0) is 24.5 Å². The minimum absolute atomic E-state index is 0.159. The van der Waals surface area contributed by atoms with Gasteiger partial charge in [0.25, 0.3) is 5.91 Å². The number of carbonyl (C=O) groups excluding carboxylic acids is 2. The lowest BCUT2D eigenvalue weighted by Crippen LogP contribution is -2.47. The van der Waals surface area contributed by atoms with Crippen molar-refractivity contribution >= 4 is 22.8 Å². The third-order valence-corrected chi connectivity index (χ3v) is 3.23. The summed E-state index contributed by atoms with van der Waals surface area (Å²) in [6.45, 7) is 3.44. The van der Waals surface area contributed by atoms with Crippen molar-refractivity contribution in [3.8, 4) is 0 Å². The van der Waals surface area contributed by atoms with Crippen LogP contribution in [0.4, 0.5) is 0 Å². The van der Waals surface area contributed by atoms with Crippen molar-refractivity contribution in [1.29, 1.82) is 0 Å². The van der Waals surface area contributed by atoms with Crippen LogP contribution in [-0.2, 0) is 4.79 Å². The maximum absolute atomic E-state index is 12.3. The lowest BCUT2D eigenvalue weighted by molar-refractivity contribution is -0.124. The first kappa shape index (κ1) is 16.0. The molecule has 0 saturated carbocycles. The summed E-state index contributed by atoms with van der Waals surface area (Å²) in [6.07, 6.45) is 0.470. The van der Waals surface area contributed by atoms with Crippen molar-refractivity contribution in [3.63, 3.8) is 0 Å². The van der Waals surface area contributed by atoms with Crippen LogP contribution in [0.2, 0.25) is 0 Å². The predicted molar refractivity (Wildman–Crippen MR) is 82.2 cm³/mol. The van der Waals surface area contributed by atoms with Crippen molar-refractivity contribution in [2.45, 2.75) is 26.3 Å². The Morgan fingerprint density at radius 2 is 2.00 bits per heavy atom. The minimum Gasteiger partial charge on any atom is -0.451 e. The Kier molecular flexibility index (Phi) is 5.16. The van der Waals surface area contributed by atoms with E-state index in [0.29, 0.717) is 12.0 Å². The molecule has 1 aromatic heterocycles. The lowest BCUT2D eigenvalue weighted by Gasteiger charge is -2.18. The first-order valence-electron chi connectivity index (χ1n) is 7.19. The van der Waals surface area contributed by atoms with Gasteiger partial charge in [-0.15, -0.1) is 0 Å². The van der Waals surface area contributed by atoms with Crippen LogP contribution < -0.4 is 10.6 Å². The van der Waals surface area contributed by atoms with E-state index in [-0.39, 0.29) is 11.7 Å². The molecule has 3 N–H and O–H groups in total. The highest BCUT2D eigenvalue weighted by Crippen LogP contribution is 2.19. The lowest BCUT2D eigenvalue weighted by atomic mass is 10.0. The zero-order valence-electron chi connectivity index (χ0n) is 12.6. The van der Waals surface area contributed by atoms with Crippen LogP contribution in [0.5, 0.6) is 0 Å². The fourth-order valence-corrected chi connectivity index (χ4v) is 2.23. The maximum atomic E-state index is 12.3. The number of carbonyl (C=O) groups is 2. The van der Waals surface area contributed by atoms with Gasteiger partial charge in [0.2, 0.25) is 5.91 Å². The van der Waals surface area contributed by atoms with Gasteiger partial charge >= 0.3 is 0 Å². The number of para-hydroxylation sites is 1. The summed E-state index contributed by atoms with van der Waals surface area (Å²) in [5, 5.41) is 14.6. The Labute approximate surface area is 128 Å². The number of hydrogen-bond donors (Lipinski definition) is 3. The molecule has 1 heterocycles. The molecule has 1 aromatic carbocycles. The predicted octanol–water partition coefficient (Wildman–Crippen LogP) is 1.64. The Morgan fingerprint density at radius 3 is 2.64 bits per heavy atom. The van der Waals surface area contributed by atoms with E-state index in [1.165, 1.54) is 0 Å². The summed E-state index contributed by atoms with van der Waals surface area (Å²) >= 11 is 0. The summed E-state index contributed by atoms with van der Waals surface area (Å²) in [7, 11) is 0. The fraction of sp³-hybridized carbons (Fsp3) is 0.375. The van der Waals surface area contributed by atoms with E-state index in [0.717, 1.165) is 5.39 Å². The fourth-order valence-electron chi connectivity index (χ4n) is 2.23. The van der Waals surface area contributed by atoms with Crippen molar-refractivity contribution in [1.82, 2.24) is 10.6 Å². The summed E-state index contributed by atoms with van der Waals surface area (Å²) < 4.78 is 5.48. The third-order valence-electron chi connectivity index (χ3n) is 3.23. The second kappa shape index (κ2) is 7.09. The van der Waals surface area contributed by atoms with E-state index in [4.69, 9.17) is 9.52 Å². The zero-order chi connectivity index (χ0) is 16.1. The summed E-state index contributed by atoms with van der Waals surface area (Å²) in [6, 6.07) is 8.23. The van der Waals surface area contributed by atoms with Crippen LogP contribution in [0.15, 0.2) is 34.7 Å². The Morgan fingerprint density at radius 1 is 1.27 bits per heavy atom. The third kappa shape index (κ3) is 3.85.